The second-order valence-corrected chi connectivity index (χ2v) is 12.1. The number of ether oxygens (including phenoxy) is 1. The topological polar surface area (TPSA) is 132 Å². The van der Waals surface area contributed by atoms with Gasteiger partial charge in [0.25, 0.3) is 0 Å². The van der Waals surface area contributed by atoms with Gasteiger partial charge < -0.3 is 19.7 Å². The molecule has 0 aliphatic carbocycles. The lowest BCUT2D eigenvalue weighted by Gasteiger charge is -2.30. The molecule has 5 rings (SSSR count). The lowest BCUT2D eigenvalue weighted by molar-refractivity contribution is -0.130. The summed E-state index contributed by atoms with van der Waals surface area (Å²) in [5, 5.41) is 11.6. The zero-order valence-electron chi connectivity index (χ0n) is 23.4. The van der Waals surface area contributed by atoms with Crippen LogP contribution in [0.25, 0.3) is 10.9 Å². The predicted octanol–water partition coefficient (Wildman–Crippen LogP) is 4.61. The molecule has 1 aliphatic heterocycles. The Morgan fingerprint density at radius 2 is 1.67 bits per heavy atom. The maximum Gasteiger partial charge on any atom is 0.337 e. The van der Waals surface area contributed by atoms with Gasteiger partial charge in [-0.1, -0.05) is 36.4 Å². The van der Waals surface area contributed by atoms with Gasteiger partial charge in [0.2, 0.25) is 15.9 Å². The number of aromatic amines is 1. The summed E-state index contributed by atoms with van der Waals surface area (Å²) in [4.78, 5) is 34.4. The Kier molecular flexibility index (Phi) is 8.30. The van der Waals surface area contributed by atoms with Crippen molar-refractivity contribution in [1.29, 1.82) is 0 Å². The van der Waals surface area contributed by atoms with Crippen LogP contribution in [0.5, 0.6) is 5.88 Å². The number of hydrogen-bond acceptors (Lipinski definition) is 7. The summed E-state index contributed by atoms with van der Waals surface area (Å²) in [5.41, 5.74) is 3.38. The Balaban J connectivity index is 1.52. The number of amides is 1. The van der Waals surface area contributed by atoms with E-state index in [2.05, 4.69) is 4.98 Å². The molecule has 2 N–H and O–H groups in total. The Labute approximate surface area is 244 Å². The summed E-state index contributed by atoms with van der Waals surface area (Å²) < 4.78 is 31.3. The number of fused-ring (bicyclic) bond motifs is 1. The van der Waals surface area contributed by atoms with Crippen LogP contribution in [0.4, 0.5) is 11.4 Å². The number of nitrogens with zero attached hydrogens (tertiary/aromatic N) is 3. The van der Waals surface area contributed by atoms with Crippen LogP contribution >= 0.6 is 0 Å². The lowest BCUT2D eigenvalue weighted by Crippen LogP contribution is -2.44. The number of sulfonamides is 1. The fraction of sp³-hybridized carbons (Fsp3) is 0.258. The lowest BCUT2D eigenvalue weighted by atomic mass is 10.00. The van der Waals surface area contributed by atoms with Crippen LogP contribution < -0.4 is 4.31 Å². The van der Waals surface area contributed by atoms with Crippen LogP contribution in [-0.2, 0) is 19.6 Å². The zero-order chi connectivity index (χ0) is 29.9. The van der Waals surface area contributed by atoms with Crippen LogP contribution in [-0.4, -0.2) is 74.0 Å². The number of aromatic hydroxyl groups is 1. The molecule has 4 aromatic rings. The molecule has 0 bridgehead atoms. The van der Waals surface area contributed by atoms with Gasteiger partial charge in [-0.3, -0.25) is 9.10 Å². The van der Waals surface area contributed by atoms with Crippen molar-refractivity contribution in [2.24, 2.45) is 4.99 Å². The number of carbonyl (C=O) groups excluding carboxylic acids is 2. The highest BCUT2D eigenvalue weighted by atomic mass is 32.2. The number of piperidine rings is 1. The Morgan fingerprint density at radius 1 is 0.976 bits per heavy atom. The molecular weight excluding hydrogens is 556 g/mol. The van der Waals surface area contributed by atoms with Gasteiger partial charge in [0.05, 0.1) is 41.6 Å². The van der Waals surface area contributed by atoms with E-state index in [-0.39, 0.29) is 18.3 Å². The molecule has 0 radical (unpaired) electrons. The third-order valence-electron chi connectivity index (χ3n) is 7.25. The van der Waals surface area contributed by atoms with Gasteiger partial charge in [0, 0.05) is 29.6 Å². The molecule has 11 heteroatoms. The average molecular weight is 589 g/mol. The van der Waals surface area contributed by atoms with E-state index >= 15 is 0 Å². The summed E-state index contributed by atoms with van der Waals surface area (Å²) in [7, 11) is -2.42. The highest BCUT2D eigenvalue weighted by molar-refractivity contribution is 7.92. The van der Waals surface area contributed by atoms with Gasteiger partial charge in [-0.25, -0.2) is 18.2 Å². The third kappa shape index (κ3) is 6.15. The molecule has 1 aliphatic rings. The smallest absolute Gasteiger partial charge is 0.337 e. The molecule has 218 valence electrons. The monoisotopic (exact) mass is 588 g/mol. The van der Waals surface area contributed by atoms with Gasteiger partial charge in [0.15, 0.2) is 5.88 Å². The first-order chi connectivity index (χ1) is 20.2. The van der Waals surface area contributed by atoms with E-state index in [9.17, 15) is 23.1 Å². The first kappa shape index (κ1) is 28.9. The van der Waals surface area contributed by atoms with Crippen molar-refractivity contribution in [1.82, 2.24) is 9.88 Å². The van der Waals surface area contributed by atoms with E-state index in [0.29, 0.717) is 52.2 Å². The minimum Gasteiger partial charge on any atom is -0.494 e. The highest BCUT2D eigenvalue weighted by Crippen LogP contribution is 2.33. The van der Waals surface area contributed by atoms with E-state index in [1.165, 1.54) is 7.11 Å². The summed E-state index contributed by atoms with van der Waals surface area (Å²) in [6.07, 6.45) is 3.98. The number of aliphatic imine (C=N–C) groups is 1. The second kappa shape index (κ2) is 12.1. The van der Waals surface area contributed by atoms with E-state index in [1.54, 1.807) is 47.4 Å². The molecule has 1 saturated heterocycles. The van der Waals surface area contributed by atoms with Crippen molar-refractivity contribution in [3.63, 3.8) is 0 Å². The van der Waals surface area contributed by atoms with Crippen LogP contribution in [0.15, 0.2) is 77.8 Å². The van der Waals surface area contributed by atoms with Crippen molar-refractivity contribution in [3.05, 3.63) is 89.5 Å². The van der Waals surface area contributed by atoms with Crippen LogP contribution in [0.2, 0.25) is 0 Å². The molecule has 0 spiro atoms. The summed E-state index contributed by atoms with van der Waals surface area (Å²) >= 11 is 0. The third-order valence-corrected chi connectivity index (χ3v) is 8.39. The zero-order valence-corrected chi connectivity index (χ0v) is 24.2. The summed E-state index contributed by atoms with van der Waals surface area (Å²) in [5.74, 6) is -0.838. The Morgan fingerprint density at radius 3 is 2.31 bits per heavy atom. The second-order valence-electron chi connectivity index (χ2n) is 10.2. The van der Waals surface area contributed by atoms with Gasteiger partial charge >= 0.3 is 5.97 Å². The standard InChI is InChI=1S/C31H32N4O6S/c1-41-31(38)22-11-16-25-26(19-22)33-30(37)28(25)29(21-9-5-3-6-10-21)32-23-12-14-24(15-13-23)35(42(2,39)40)20-27(36)34-17-7-4-8-18-34/h3,5-6,9-16,19,33,37H,4,7-8,17-18,20H2,1-2H3. The Hall–Kier alpha value is -4.64. The van der Waals surface area contributed by atoms with Crippen LogP contribution in [0.3, 0.4) is 0 Å². The number of esters is 1. The average Bonchev–Trinajstić information content (AvgIpc) is 3.33. The SMILES string of the molecule is COC(=O)c1ccc2c(C(=Nc3ccc(N(CC(=O)N4CCCCC4)S(C)(=O)=O)cc3)c3ccccc3)c(O)[nH]c2c1. The first-order valence-electron chi connectivity index (χ1n) is 13.6. The van der Waals surface area contributed by atoms with Gasteiger partial charge in [-0.05, 0) is 55.7 Å². The van der Waals surface area contributed by atoms with Crippen molar-refractivity contribution in [2.75, 3.05) is 37.3 Å². The van der Waals surface area contributed by atoms with Crippen LogP contribution in [0.1, 0.15) is 40.7 Å². The number of aromatic nitrogens is 1. The molecule has 0 saturated carbocycles. The highest BCUT2D eigenvalue weighted by Gasteiger charge is 2.25. The number of carbonyl (C=O) groups is 2. The molecule has 2 heterocycles. The van der Waals surface area contributed by atoms with E-state index in [4.69, 9.17) is 9.73 Å². The van der Waals surface area contributed by atoms with Crippen molar-refractivity contribution >= 4 is 49.9 Å². The maximum absolute atomic E-state index is 12.9. The van der Waals surface area contributed by atoms with E-state index in [0.717, 1.165) is 35.4 Å². The number of benzene rings is 3. The molecule has 0 unspecified atom stereocenters. The van der Waals surface area contributed by atoms with Crippen molar-refractivity contribution < 1.29 is 27.9 Å². The number of hydrogen-bond donors (Lipinski definition) is 2. The summed E-state index contributed by atoms with van der Waals surface area (Å²) in [6, 6.07) is 20.8. The quantitative estimate of drug-likeness (QED) is 0.228. The van der Waals surface area contributed by atoms with Gasteiger partial charge in [-0.15, -0.1) is 0 Å². The fourth-order valence-corrected chi connectivity index (χ4v) is 5.97. The molecular formula is C31H32N4O6S. The first-order valence-corrected chi connectivity index (χ1v) is 15.4. The molecule has 3 aromatic carbocycles. The number of H-pyrrole nitrogens is 1. The molecule has 1 aromatic heterocycles. The molecule has 0 atom stereocenters. The van der Waals surface area contributed by atoms with E-state index < -0.39 is 16.0 Å². The molecule has 1 amide bonds. The molecule has 1 fully saturated rings. The molecule has 42 heavy (non-hydrogen) atoms. The van der Waals surface area contributed by atoms with E-state index in [1.807, 2.05) is 30.3 Å². The fourth-order valence-electron chi connectivity index (χ4n) is 5.12. The minimum absolute atomic E-state index is 0.120. The predicted molar refractivity (Wildman–Crippen MR) is 162 cm³/mol. The van der Waals surface area contributed by atoms with Crippen molar-refractivity contribution in [2.45, 2.75) is 19.3 Å². The Bertz CT molecular complexity index is 1740. The number of methoxy groups -OCH3 is 1. The van der Waals surface area contributed by atoms with Gasteiger partial charge in [-0.2, -0.15) is 0 Å². The van der Waals surface area contributed by atoms with Crippen LogP contribution in [0, 0.1) is 0 Å². The maximum atomic E-state index is 12.9. The largest absolute Gasteiger partial charge is 0.494 e. The summed E-state index contributed by atoms with van der Waals surface area (Å²) in [6.45, 7) is 1.00. The number of nitrogens with one attached hydrogen (secondary N) is 1. The van der Waals surface area contributed by atoms with Gasteiger partial charge in [0.1, 0.15) is 6.54 Å². The number of anilines is 1. The number of rotatable bonds is 8. The normalized spacial score (nSPS) is 14.1. The minimum atomic E-state index is -3.73. The van der Waals surface area contributed by atoms with Crippen molar-refractivity contribution in [3.8, 4) is 5.88 Å². The molecule has 10 nitrogen and oxygen atoms in total. The number of likely N-dealkylation sites (tertiary alicyclic amines) is 1.